The Hall–Kier alpha value is -0.620. The fourth-order valence-corrected chi connectivity index (χ4v) is 3.36. The van der Waals surface area contributed by atoms with Gasteiger partial charge in [-0.2, -0.15) is 0 Å². The van der Waals surface area contributed by atoms with Gasteiger partial charge in [0.2, 0.25) is 0 Å². The molecule has 0 atom stereocenters. The van der Waals surface area contributed by atoms with Crippen LogP contribution in [0.25, 0.3) is 0 Å². The van der Waals surface area contributed by atoms with Crippen LogP contribution in [0.3, 0.4) is 0 Å². The van der Waals surface area contributed by atoms with E-state index in [1.165, 1.54) is 22.1 Å². The summed E-state index contributed by atoms with van der Waals surface area (Å²) in [5.74, 6) is 0. The van der Waals surface area contributed by atoms with E-state index in [0.29, 0.717) is 6.04 Å². The first-order valence-corrected chi connectivity index (χ1v) is 7.36. The van der Waals surface area contributed by atoms with Crippen molar-refractivity contribution in [2.45, 2.75) is 18.9 Å². The van der Waals surface area contributed by atoms with E-state index >= 15 is 0 Å². The van der Waals surface area contributed by atoms with E-state index < -0.39 is 0 Å². The number of carbonyl (C=O) groups is 1. The number of anilines is 1. The maximum atomic E-state index is 10.7. The van der Waals surface area contributed by atoms with Crippen LogP contribution in [0.4, 0.5) is 5.69 Å². The van der Waals surface area contributed by atoms with Gasteiger partial charge in [-0.25, -0.2) is 0 Å². The highest BCUT2D eigenvalue weighted by Crippen LogP contribution is 2.27. The van der Waals surface area contributed by atoms with Gasteiger partial charge in [0.25, 0.3) is 0 Å². The molecule has 0 saturated carbocycles. The molecule has 18 heavy (non-hydrogen) atoms. The molecule has 0 unspecified atom stereocenters. The van der Waals surface area contributed by atoms with Gasteiger partial charge in [-0.1, -0.05) is 0 Å². The molecule has 1 aliphatic rings. The summed E-state index contributed by atoms with van der Waals surface area (Å²) in [5, 5.41) is 0. The van der Waals surface area contributed by atoms with Gasteiger partial charge in [0.1, 0.15) is 6.29 Å². The predicted octanol–water partition coefficient (Wildman–Crippen LogP) is 2.63. The zero-order valence-corrected chi connectivity index (χ0v) is 13.1. The Morgan fingerprint density at radius 3 is 2.50 bits per heavy atom. The number of halogens is 1. The Labute approximate surface area is 122 Å². The van der Waals surface area contributed by atoms with Crippen LogP contribution < -0.4 is 4.90 Å². The minimum absolute atomic E-state index is 0.702. The van der Waals surface area contributed by atoms with Gasteiger partial charge in [0, 0.05) is 28.3 Å². The summed E-state index contributed by atoms with van der Waals surface area (Å²) in [6, 6.07) is 6.64. The maximum absolute atomic E-state index is 10.7. The number of hydrogen-bond acceptors (Lipinski definition) is 3. The lowest BCUT2D eigenvalue weighted by atomic mass is 10.0. The molecule has 2 rings (SSSR count). The summed E-state index contributed by atoms with van der Waals surface area (Å²) < 4.78 is 1.17. The van der Waals surface area contributed by atoms with Crippen molar-refractivity contribution in [1.29, 1.82) is 0 Å². The SMILES string of the molecule is CN(C)C1CCN(c2ccc(C=O)cc2I)CC1. The van der Waals surface area contributed by atoms with Crippen LogP contribution in [0.2, 0.25) is 0 Å². The first-order chi connectivity index (χ1) is 8.61. The standard InChI is InChI=1S/C14H19IN2O/c1-16(2)12-5-7-17(8-6-12)14-4-3-11(10-18)9-13(14)15/h3-4,9-10,12H,5-8H2,1-2H3. The highest BCUT2D eigenvalue weighted by atomic mass is 127. The number of hydrogen-bond donors (Lipinski definition) is 0. The van der Waals surface area contributed by atoms with E-state index in [0.717, 1.165) is 24.9 Å². The third kappa shape index (κ3) is 3.03. The van der Waals surface area contributed by atoms with E-state index in [1.807, 2.05) is 12.1 Å². The summed E-state index contributed by atoms with van der Waals surface area (Å²) >= 11 is 2.32. The molecule has 1 aliphatic heterocycles. The molecular weight excluding hydrogens is 339 g/mol. The lowest BCUT2D eigenvalue weighted by Gasteiger charge is -2.37. The van der Waals surface area contributed by atoms with E-state index in [9.17, 15) is 4.79 Å². The van der Waals surface area contributed by atoms with Crippen molar-refractivity contribution in [2.75, 3.05) is 32.1 Å². The van der Waals surface area contributed by atoms with Gasteiger partial charge in [0.05, 0.1) is 5.69 Å². The summed E-state index contributed by atoms with van der Waals surface area (Å²) in [6.07, 6.45) is 3.32. The molecule has 0 N–H and O–H groups in total. The van der Waals surface area contributed by atoms with Crippen LogP contribution in [-0.4, -0.2) is 44.4 Å². The number of rotatable bonds is 3. The zero-order chi connectivity index (χ0) is 13.1. The Morgan fingerprint density at radius 1 is 1.33 bits per heavy atom. The van der Waals surface area contributed by atoms with E-state index in [-0.39, 0.29) is 0 Å². The zero-order valence-electron chi connectivity index (χ0n) is 10.9. The lowest BCUT2D eigenvalue weighted by molar-refractivity contribution is 0.112. The summed E-state index contributed by atoms with van der Waals surface area (Å²) in [7, 11) is 4.31. The fraction of sp³-hybridized carbons (Fsp3) is 0.500. The fourth-order valence-electron chi connectivity index (χ4n) is 2.48. The molecule has 1 heterocycles. The van der Waals surface area contributed by atoms with Crippen molar-refractivity contribution < 1.29 is 4.79 Å². The van der Waals surface area contributed by atoms with Crippen molar-refractivity contribution in [1.82, 2.24) is 4.90 Å². The lowest BCUT2D eigenvalue weighted by Crippen LogP contribution is -2.42. The maximum Gasteiger partial charge on any atom is 0.150 e. The molecule has 0 radical (unpaired) electrons. The second kappa shape index (κ2) is 6.02. The van der Waals surface area contributed by atoms with Crippen molar-refractivity contribution in [2.24, 2.45) is 0 Å². The quantitative estimate of drug-likeness (QED) is 0.613. The first-order valence-electron chi connectivity index (χ1n) is 6.28. The second-order valence-electron chi connectivity index (χ2n) is 5.01. The highest BCUT2D eigenvalue weighted by Gasteiger charge is 2.21. The van der Waals surface area contributed by atoms with E-state index in [1.54, 1.807) is 0 Å². The average molecular weight is 358 g/mol. The number of aldehydes is 1. The number of nitrogens with zero attached hydrogens (tertiary/aromatic N) is 2. The van der Waals surface area contributed by atoms with E-state index in [2.05, 4.69) is 52.6 Å². The Kier molecular flexibility index (Phi) is 4.61. The second-order valence-corrected chi connectivity index (χ2v) is 6.17. The topological polar surface area (TPSA) is 23.6 Å². The Bertz CT molecular complexity index is 426. The average Bonchev–Trinajstić information content (AvgIpc) is 2.38. The molecule has 1 fully saturated rings. The molecule has 0 spiro atoms. The molecule has 98 valence electrons. The number of piperidine rings is 1. The largest absolute Gasteiger partial charge is 0.371 e. The molecule has 0 aliphatic carbocycles. The molecule has 1 aromatic rings. The van der Waals surface area contributed by atoms with Crippen LogP contribution in [0.15, 0.2) is 18.2 Å². The third-order valence-electron chi connectivity index (χ3n) is 3.64. The van der Waals surface area contributed by atoms with Crippen LogP contribution in [0, 0.1) is 3.57 Å². The van der Waals surface area contributed by atoms with Crippen LogP contribution in [-0.2, 0) is 0 Å². The van der Waals surface area contributed by atoms with Crippen LogP contribution in [0.5, 0.6) is 0 Å². The predicted molar refractivity (Wildman–Crippen MR) is 83.5 cm³/mol. The molecule has 1 aromatic carbocycles. The number of carbonyl (C=O) groups excluding carboxylic acids is 1. The van der Waals surface area contributed by atoms with Gasteiger partial charge in [0.15, 0.2) is 0 Å². The monoisotopic (exact) mass is 358 g/mol. The van der Waals surface area contributed by atoms with Crippen molar-refractivity contribution >= 4 is 34.6 Å². The van der Waals surface area contributed by atoms with E-state index in [4.69, 9.17) is 0 Å². The smallest absolute Gasteiger partial charge is 0.150 e. The summed E-state index contributed by atoms with van der Waals surface area (Å²) in [5.41, 5.74) is 2.02. The first kappa shape index (κ1) is 13.8. The third-order valence-corrected chi connectivity index (χ3v) is 4.51. The highest BCUT2D eigenvalue weighted by molar-refractivity contribution is 14.1. The van der Waals surface area contributed by atoms with Crippen LogP contribution in [0.1, 0.15) is 23.2 Å². The Balaban J connectivity index is 2.07. The van der Waals surface area contributed by atoms with Crippen molar-refractivity contribution in [3.8, 4) is 0 Å². The normalized spacial score (nSPS) is 17.2. The molecule has 0 amide bonds. The summed E-state index contributed by atoms with van der Waals surface area (Å²) in [4.78, 5) is 15.5. The van der Waals surface area contributed by atoms with Gasteiger partial charge in [-0.15, -0.1) is 0 Å². The Morgan fingerprint density at radius 2 is 2.00 bits per heavy atom. The van der Waals surface area contributed by atoms with Gasteiger partial charge in [-0.3, -0.25) is 4.79 Å². The van der Waals surface area contributed by atoms with Crippen LogP contribution >= 0.6 is 22.6 Å². The summed E-state index contributed by atoms with van der Waals surface area (Å²) in [6.45, 7) is 2.19. The van der Waals surface area contributed by atoms with Gasteiger partial charge in [-0.05, 0) is 67.7 Å². The van der Waals surface area contributed by atoms with Crippen molar-refractivity contribution in [3.05, 3.63) is 27.3 Å². The van der Waals surface area contributed by atoms with Gasteiger partial charge < -0.3 is 9.80 Å². The molecule has 4 heteroatoms. The molecule has 0 bridgehead atoms. The number of benzene rings is 1. The minimum Gasteiger partial charge on any atom is -0.371 e. The van der Waals surface area contributed by atoms with Gasteiger partial charge >= 0.3 is 0 Å². The minimum atomic E-state index is 0.702. The molecule has 0 aromatic heterocycles. The molecule has 1 saturated heterocycles. The van der Waals surface area contributed by atoms with Crippen molar-refractivity contribution in [3.63, 3.8) is 0 Å². The molecule has 3 nitrogen and oxygen atoms in total. The molecular formula is C14H19IN2O.